The summed E-state index contributed by atoms with van der Waals surface area (Å²) in [5.41, 5.74) is 0.542. The Morgan fingerprint density at radius 1 is 1.29 bits per heavy atom. The van der Waals surface area contributed by atoms with Gasteiger partial charge in [0.15, 0.2) is 5.82 Å². The van der Waals surface area contributed by atoms with Crippen LogP contribution in [0.15, 0.2) is 24.3 Å². The van der Waals surface area contributed by atoms with Crippen molar-refractivity contribution < 1.29 is 4.39 Å². The van der Waals surface area contributed by atoms with Gasteiger partial charge in [-0.05, 0) is 24.5 Å². The van der Waals surface area contributed by atoms with Crippen molar-refractivity contribution in [2.45, 2.75) is 26.3 Å². The highest BCUT2D eigenvalue weighted by Crippen LogP contribution is 2.26. The molecule has 0 spiro atoms. The summed E-state index contributed by atoms with van der Waals surface area (Å²) in [6.07, 6.45) is 2.07. The normalized spacial score (nSPS) is 19.1. The van der Waals surface area contributed by atoms with Crippen molar-refractivity contribution in [1.29, 1.82) is 0 Å². The van der Waals surface area contributed by atoms with Gasteiger partial charge in [-0.15, -0.1) is 10.2 Å². The molecule has 3 rings (SSSR count). The van der Waals surface area contributed by atoms with Gasteiger partial charge in [0, 0.05) is 13.0 Å². The Morgan fingerprint density at radius 2 is 2.12 bits per heavy atom. The summed E-state index contributed by atoms with van der Waals surface area (Å²) in [4.78, 5) is 0. The van der Waals surface area contributed by atoms with Crippen LogP contribution in [0.1, 0.15) is 19.2 Å². The van der Waals surface area contributed by atoms with Gasteiger partial charge >= 0.3 is 0 Å². The molecule has 3 nitrogen and oxygen atoms in total. The molecular formula is C13H14FN3. The molecule has 4 heteroatoms. The van der Waals surface area contributed by atoms with Crippen LogP contribution in [0.5, 0.6) is 0 Å². The van der Waals surface area contributed by atoms with E-state index >= 15 is 0 Å². The SMILES string of the molecule is CC1CCc2nnc(-c3ccccc3F)n2C1. The average Bonchev–Trinajstić information content (AvgIpc) is 2.72. The number of rotatable bonds is 1. The summed E-state index contributed by atoms with van der Waals surface area (Å²) in [6.45, 7) is 3.08. The molecule has 0 saturated carbocycles. The lowest BCUT2D eigenvalue weighted by atomic mass is 10.0. The highest BCUT2D eigenvalue weighted by Gasteiger charge is 2.22. The van der Waals surface area contributed by atoms with E-state index in [1.807, 2.05) is 10.6 Å². The van der Waals surface area contributed by atoms with Crippen LogP contribution in [-0.2, 0) is 13.0 Å². The van der Waals surface area contributed by atoms with Gasteiger partial charge in [-0.2, -0.15) is 0 Å². The Kier molecular flexibility index (Phi) is 2.42. The van der Waals surface area contributed by atoms with E-state index in [-0.39, 0.29) is 5.82 Å². The number of nitrogens with zero attached hydrogens (tertiary/aromatic N) is 3. The van der Waals surface area contributed by atoms with Gasteiger partial charge in [0.1, 0.15) is 11.6 Å². The zero-order valence-electron chi connectivity index (χ0n) is 9.73. The third-order valence-corrected chi connectivity index (χ3v) is 3.30. The molecule has 2 aromatic rings. The molecule has 2 heterocycles. The van der Waals surface area contributed by atoms with Gasteiger partial charge in [-0.25, -0.2) is 4.39 Å². The van der Waals surface area contributed by atoms with Crippen LogP contribution in [0.2, 0.25) is 0 Å². The summed E-state index contributed by atoms with van der Waals surface area (Å²) in [5, 5.41) is 8.29. The minimum atomic E-state index is -0.235. The molecule has 0 bridgehead atoms. The fraction of sp³-hybridized carbons (Fsp3) is 0.385. The summed E-state index contributed by atoms with van der Waals surface area (Å²) in [7, 11) is 0. The Labute approximate surface area is 99.3 Å². The van der Waals surface area contributed by atoms with Gasteiger partial charge in [-0.3, -0.25) is 0 Å². The molecule has 0 amide bonds. The molecule has 1 aromatic carbocycles. The maximum Gasteiger partial charge on any atom is 0.166 e. The first-order valence-corrected chi connectivity index (χ1v) is 5.92. The second kappa shape index (κ2) is 3.95. The van der Waals surface area contributed by atoms with E-state index in [1.165, 1.54) is 6.07 Å². The van der Waals surface area contributed by atoms with E-state index in [9.17, 15) is 4.39 Å². The van der Waals surface area contributed by atoms with Crippen LogP contribution in [-0.4, -0.2) is 14.8 Å². The number of hydrogen-bond acceptors (Lipinski definition) is 2. The second-order valence-corrected chi connectivity index (χ2v) is 4.67. The van der Waals surface area contributed by atoms with Gasteiger partial charge in [0.2, 0.25) is 0 Å². The number of aryl methyl sites for hydroxylation is 1. The number of halogens is 1. The first-order chi connectivity index (χ1) is 8.25. The lowest BCUT2D eigenvalue weighted by molar-refractivity contribution is 0.396. The fourth-order valence-electron chi connectivity index (χ4n) is 2.33. The number of hydrogen-bond donors (Lipinski definition) is 0. The monoisotopic (exact) mass is 231 g/mol. The average molecular weight is 231 g/mol. The Balaban J connectivity index is 2.11. The summed E-state index contributed by atoms with van der Waals surface area (Å²) < 4.78 is 15.8. The van der Waals surface area contributed by atoms with Gasteiger partial charge < -0.3 is 4.57 Å². The highest BCUT2D eigenvalue weighted by atomic mass is 19.1. The smallest absolute Gasteiger partial charge is 0.166 e. The van der Waals surface area contributed by atoms with Gasteiger partial charge in [0.25, 0.3) is 0 Å². The van der Waals surface area contributed by atoms with Crippen LogP contribution < -0.4 is 0 Å². The molecule has 1 unspecified atom stereocenters. The second-order valence-electron chi connectivity index (χ2n) is 4.67. The predicted octanol–water partition coefficient (Wildman–Crippen LogP) is 2.67. The lowest BCUT2D eigenvalue weighted by Gasteiger charge is -2.20. The highest BCUT2D eigenvalue weighted by molar-refractivity contribution is 5.56. The van der Waals surface area contributed by atoms with E-state index < -0.39 is 0 Å². The summed E-state index contributed by atoms with van der Waals surface area (Å²) in [6, 6.07) is 6.73. The Hall–Kier alpha value is -1.71. The molecule has 1 aliphatic rings. The van der Waals surface area contributed by atoms with Crippen molar-refractivity contribution in [2.75, 3.05) is 0 Å². The van der Waals surface area contributed by atoms with Crippen molar-refractivity contribution in [3.05, 3.63) is 35.9 Å². The molecular weight excluding hydrogens is 217 g/mol. The largest absolute Gasteiger partial charge is 0.311 e. The van der Waals surface area contributed by atoms with Gasteiger partial charge in [-0.1, -0.05) is 19.1 Å². The molecule has 1 aromatic heterocycles. The van der Waals surface area contributed by atoms with E-state index in [0.717, 1.165) is 25.2 Å². The van der Waals surface area contributed by atoms with E-state index in [4.69, 9.17) is 0 Å². The minimum absolute atomic E-state index is 0.235. The number of fused-ring (bicyclic) bond motifs is 1. The fourth-order valence-corrected chi connectivity index (χ4v) is 2.33. The maximum absolute atomic E-state index is 13.7. The quantitative estimate of drug-likeness (QED) is 0.755. The van der Waals surface area contributed by atoms with Crippen molar-refractivity contribution in [3.8, 4) is 11.4 Å². The van der Waals surface area contributed by atoms with Crippen LogP contribution in [0, 0.1) is 11.7 Å². The molecule has 0 aliphatic carbocycles. The van der Waals surface area contributed by atoms with Crippen LogP contribution in [0.4, 0.5) is 4.39 Å². The van der Waals surface area contributed by atoms with Gasteiger partial charge in [0.05, 0.1) is 5.56 Å². The molecule has 88 valence electrons. The first kappa shape index (κ1) is 10.4. The van der Waals surface area contributed by atoms with Crippen molar-refractivity contribution >= 4 is 0 Å². The third-order valence-electron chi connectivity index (χ3n) is 3.30. The van der Waals surface area contributed by atoms with E-state index in [1.54, 1.807) is 12.1 Å². The molecule has 0 saturated heterocycles. The molecule has 17 heavy (non-hydrogen) atoms. The van der Waals surface area contributed by atoms with E-state index in [2.05, 4.69) is 17.1 Å². The molecule has 0 N–H and O–H groups in total. The maximum atomic E-state index is 13.7. The molecule has 1 atom stereocenters. The number of aromatic nitrogens is 3. The molecule has 0 radical (unpaired) electrons. The van der Waals surface area contributed by atoms with E-state index in [0.29, 0.717) is 17.3 Å². The zero-order valence-corrected chi connectivity index (χ0v) is 9.73. The lowest BCUT2D eigenvalue weighted by Crippen LogP contribution is -2.18. The topological polar surface area (TPSA) is 30.7 Å². The van der Waals surface area contributed by atoms with Crippen molar-refractivity contribution in [3.63, 3.8) is 0 Å². The Morgan fingerprint density at radius 3 is 2.94 bits per heavy atom. The molecule has 1 aliphatic heterocycles. The number of benzene rings is 1. The minimum Gasteiger partial charge on any atom is -0.311 e. The van der Waals surface area contributed by atoms with Crippen LogP contribution in [0.3, 0.4) is 0 Å². The standard InChI is InChI=1S/C13H14FN3/c1-9-6-7-12-15-16-13(17(12)8-9)10-4-2-3-5-11(10)14/h2-5,9H,6-8H2,1H3. The zero-order chi connectivity index (χ0) is 11.8. The Bertz CT molecular complexity index is 547. The molecule has 0 fully saturated rings. The predicted molar refractivity (Wildman–Crippen MR) is 62.9 cm³/mol. The van der Waals surface area contributed by atoms with Crippen LogP contribution >= 0.6 is 0 Å². The summed E-state index contributed by atoms with van der Waals surface area (Å²) >= 11 is 0. The van der Waals surface area contributed by atoms with Crippen LogP contribution in [0.25, 0.3) is 11.4 Å². The summed E-state index contributed by atoms with van der Waals surface area (Å²) in [5.74, 6) is 2.00. The van der Waals surface area contributed by atoms with Crippen molar-refractivity contribution in [2.24, 2.45) is 5.92 Å². The third kappa shape index (κ3) is 1.73. The first-order valence-electron chi connectivity index (χ1n) is 5.92. The van der Waals surface area contributed by atoms with Crippen molar-refractivity contribution in [1.82, 2.24) is 14.8 Å².